The minimum absolute atomic E-state index is 0.0457. The van der Waals surface area contributed by atoms with Crippen LogP contribution in [0.1, 0.15) is 66.7 Å². The number of aryl methyl sites for hydroxylation is 2. The number of sulfonamides is 1. The van der Waals surface area contributed by atoms with Gasteiger partial charge < -0.3 is 14.8 Å². The number of halogens is 2. The standard InChI is InChI=1S/C43H42F2N8O8S/c1-52-37-24-46-18-17-31(37)41(55)53(43(52)57)39-16-10-26(21-49-39)9-15-35(42(56)61-29-7-5-3-4-6-8-29)50-40(54)32-19-34(45)36(20-33(32)44)51-62(58,59)30-13-11-27(12-14-30)28-22-47-38(25-60-2)48-23-28/h10-14,16-24,29,35,51H,3-9,15,25H2,1-2H3,(H,50,54)/t35-/m0/s1. The van der Waals surface area contributed by atoms with E-state index < -0.39 is 62.1 Å². The highest BCUT2D eigenvalue weighted by Gasteiger charge is 2.29. The summed E-state index contributed by atoms with van der Waals surface area (Å²) in [4.78, 5) is 70.0. The zero-order valence-corrected chi connectivity index (χ0v) is 34.5. The molecule has 322 valence electrons. The topological polar surface area (TPSA) is 206 Å². The van der Waals surface area contributed by atoms with E-state index in [1.807, 2.05) is 4.72 Å². The molecule has 7 rings (SSSR count). The number of benzene rings is 2. The van der Waals surface area contributed by atoms with Crippen LogP contribution in [0.2, 0.25) is 0 Å². The second-order valence-electron chi connectivity index (χ2n) is 14.8. The molecule has 2 N–H and O–H groups in total. The Bertz CT molecular complexity index is 2830. The summed E-state index contributed by atoms with van der Waals surface area (Å²) >= 11 is 0. The number of nitrogens with zero attached hydrogens (tertiary/aromatic N) is 6. The third-order valence-electron chi connectivity index (χ3n) is 10.5. The number of rotatable bonds is 14. The van der Waals surface area contributed by atoms with Crippen molar-refractivity contribution in [2.24, 2.45) is 7.05 Å². The molecule has 0 spiro atoms. The Hall–Kier alpha value is -6.73. The largest absolute Gasteiger partial charge is 0.461 e. The first-order valence-corrected chi connectivity index (χ1v) is 21.3. The van der Waals surface area contributed by atoms with Crippen molar-refractivity contribution in [3.63, 3.8) is 0 Å². The number of amides is 1. The van der Waals surface area contributed by atoms with Crippen molar-refractivity contribution in [2.75, 3.05) is 11.8 Å². The summed E-state index contributed by atoms with van der Waals surface area (Å²) in [6.07, 6.45) is 12.1. The van der Waals surface area contributed by atoms with Crippen LogP contribution >= 0.6 is 0 Å². The van der Waals surface area contributed by atoms with E-state index in [0.29, 0.717) is 53.0 Å². The normalized spacial score (nSPS) is 13.9. The van der Waals surface area contributed by atoms with Crippen LogP contribution in [0.4, 0.5) is 14.5 Å². The summed E-state index contributed by atoms with van der Waals surface area (Å²) in [7, 11) is -1.39. The highest BCUT2D eigenvalue weighted by Crippen LogP contribution is 2.26. The molecule has 1 saturated carbocycles. The van der Waals surface area contributed by atoms with Crippen LogP contribution in [0.3, 0.4) is 0 Å². The number of carbonyl (C=O) groups is 2. The quantitative estimate of drug-likeness (QED) is 0.108. The van der Waals surface area contributed by atoms with Crippen molar-refractivity contribution in [1.82, 2.24) is 34.4 Å². The summed E-state index contributed by atoms with van der Waals surface area (Å²) in [6.45, 7) is 0.223. The Morgan fingerprint density at radius 1 is 0.887 bits per heavy atom. The van der Waals surface area contributed by atoms with Crippen LogP contribution in [0.15, 0.2) is 100 Å². The molecule has 1 atom stereocenters. The molecule has 1 fully saturated rings. The molecule has 4 aromatic heterocycles. The van der Waals surface area contributed by atoms with Gasteiger partial charge in [0, 0.05) is 50.6 Å². The molecule has 4 heterocycles. The van der Waals surface area contributed by atoms with Gasteiger partial charge in [0.05, 0.1) is 33.2 Å². The fraction of sp³-hybridized carbons (Fsp3) is 0.302. The number of fused-ring (bicyclic) bond motifs is 1. The van der Waals surface area contributed by atoms with Crippen molar-refractivity contribution in [3.8, 4) is 16.9 Å². The number of carbonyl (C=O) groups excluding carboxylic acids is 2. The van der Waals surface area contributed by atoms with Crippen LogP contribution in [0, 0.1) is 11.6 Å². The Kier molecular flexibility index (Phi) is 13.2. The first-order valence-electron chi connectivity index (χ1n) is 19.8. The van der Waals surface area contributed by atoms with Gasteiger partial charge in [-0.1, -0.05) is 31.0 Å². The lowest BCUT2D eigenvalue weighted by atomic mass is 10.1. The van der Waals surface area contributed by atoms with Crippen molar-refractivity contribution in [1.29, 1.82) is 0 Å². The van der Waals surface area contributed by atoms with Crippen molar-refractivity contribution in [3.05, 3.63) is 135 Å². The number of pyridine rings is 2. The molecule has 0 saturated heterocycles. The molecule has 1 aliphatic carbocycles. The van der Waals surface area contributed by atoms with E-state index in [2.05, 4.69) is 25.3 Å². The number of esters is 1. The van der Waals surface area contributed by atoms with E-state index in [0.717, 1.165) is 30.3 Å². The predicted octanol–water partition coefficient (Wildman–Crippen LogP) is 5.16. The maximum atomic E-state index is 15.6. The van der Waals surface area contributed by atoms with Gasteiger partial charge in [-0.15, -0.1) is 0 Å². The lowest BCUT2D eigenvalue weighted by molar-refractivity contribution is -0.152. The molecule has 1 amide bonds. The van der Waals surface area contributed by atoms with Crippen molar-refractivity contribution >= 4 is 38.5 Å². The van der Waals surface area contributed by atoms with Crippen LogP contribution < -0.4 is 21.3 Å². The smallest absolute Gasteiger partial charge is 0.337 e. The van der Waals surface area contributed by atoms with Gasteiger partial charge in [0.2, 0.25) is 0 Å². The number of methoxy groups -OCH3 is 1. The molecule has 0 bridgehead atoms. The van der Waals surface area contributed by atoms with E-state index in [1.54, 1.807) is 18.5 Å². The second-order valence-corrected chi connectivity index (χ2v) is 16.5. The summed E-state index contributed by atoms with van der Waals surface area (Å²) in [5.41, 5.74) is -0.580. The van der Waals surface area contributed by atoms with Crippen molar-refractivity contribution < 1.29 is 36.3 Å². The summed E-state index contributed by atoms with van der Waals surface area (Å²) in [5.74, 6) is -3.87. The molecule has 0 unspecified atom stereocenters. The Morgan fingerprint density at radius 2 is 1.61 bits per heavy atom. The molecule has 0 radical (unpaired) electrons. The maximum Gasteiger partial charge on any atom is 0.337 e. The Balaban J connectivity index is 1.06. The van der Waals surface area contributed by atoms with Gasteiger partial charge in [0.1, 0.15) is 36.2 Å². The summed E-state index contributed by atoms with van der Waals surface area (Å²) in [5, 5.41) is 2.75. The van der Waals surface area contributed by atoms with Gasteiger partial charge >= 0.3 is 11.7 Å². The molecule has 19 heteroatoms. The van der Waals surface area contributed by atoms with Gasteiger partial charge in [0.15, 0.2) is 5.82 Å². The first-order chi connectivity index (χ1) is 29.8. The van der Waals surface area contributed by atoms with Crippen molar-refractivity contribution in [2.45, 2.75) is 75.0 Å². The van der Waals surface area contributed by atoms with Gasteiger partial charge in [-0.3, -0.25) is 23.9 Å². The van der Waals surface area contributed by atoms with E-state index in [9.17, 15) is 27.6 Å². The van der Waals surface area contributed by atoms with E-state index in [1.165, 1.54) is 73.7 Å². The zero-order valence-electron chi connectivity index (χ0n) is 33.7. The first kappa shape index (κ1) is 43.4. The highest BCUT2D eigenvalue weighted by atomic mass is 32.2. The molecule has 0 aliphatic heterocycles. The van der Waals surface area contributed by atoms with E-state index in [-0.39, 0.29) is 41.7 Å². The van der Waals surface area contributed by atoms with Gasteiger partial charge in [0.25, 0.3) is 21.5 Å². The van der Waals surface area contributed by atoms with Crippen LogP contribution in [0.5, 0.6) is 0 Å². The third kappa shape index (κ3) is 9.74. The van der Waals surface area contributed by atoms with Gasteiger partial charge in [-0.05, 0) is 80.0 Å². The number of aromatic nitrogens is 6. The molecule has 1 aliphatic rings. The number of ether oxygens (including phenoxy) is 2. The zero-order chi connectivity index (χ0) is 44.0. The minimum atomic E-state index is -4.42. The van der Waals surface area contributed by atoms with Gasteiger partial charge in [-0.25, -0.2) is 46.3 Å². The SMILES string of the molecule is COCc1ncc(-c2ccc(S(=O)(=O)Nc3cc(F)c(C(=O)N[C@@H](CCc4ccc(-n5c(=O)c6ccncc6n(C)c5=O)nc4)C(=O)OC4CCCCCC4)cc3F)cc2)cn1. The van der Waals surface area contributed by atoms with Crippen LogP contribution in [-0.2, 0) is 44.4 Å². The Morgan fingerprint density at radius 3 is 2.29 bits per heavy atom. The van der Waals surface area contributed by atoms with E-state index >= 15 is 8.78 Å². The number of hydrogen-bond acceptors (Lipinski definition) is 12. The number of nitrogens with one attached hydrogen (secondary N) is 2. The highest BCUT2D eigenvalue weighted by molar-refractivity contribution is 7.92. The minimum Gasteiger partial charge on any atom is -0.461 e. The second kappa shape index (κ2) is 18.9. The lowest BCUT2D eigenvalue weighted by Gasteiger charge is -2.22. The Labute approximate surface area is 354 Å². The lowest BCUT2D eigenvalue weighted by Crippen LogP contribution is -2.43. The summed E-state index contributed by atoms with van der Waals surface area (Å²) < 4.78 is 72.6. The third-order valence-corrected chi connectivity index (χ3v) is 11.9. The van der Waals surface area contributed by atoms with Crippen LogP contribution in [0.25, 0.3) is 27.8 Å². The molecule has 2 aromatic carbocycles. The fourth-order valence-electron chi connectivity index (χ4n) is 7.13. The molecular formula is C43H42F2N8O8S. The maximum absolute atomic E-state index is 15.6. The predicted molar refractivity (Wildman–Crippen MR) is 223 cm³/mol. The molecule has 62 heavy (non-hydrogen) atoms. The van der Waals surface area contributed by atoms with Gasteiger partial charge in [-0.2, -0.15) is 0 Å². The molecule has 16 nitrogen and oxygen atoms in total. The number of hydrogen-bond donors (Lipinski definition) is 2. The van der Waals surface area contributed by atoms with E-state index in [4.69, 9.17) is 9.47 Å². The van der Waals surface area contributed by atoms with Crippen LogP contribution in [-0.4, -0.2) is 68.6 Å². The fourth-order valence-corrected chi connectivity index (χ4v) is 8.19. The molecular weight excluding hydrogens is 827 g/mol. The number of anilines is 1. The average Bonchev–Trinajstić information content (AvgIpc) is 3.55. The summed E-state index contributed by atoms with van der Waals surface area (Å²) in [6, 6.07) is 9.95. The average molecular weight is 869 g/mol. The monoisotopic (exact) mass is 868 g/mol. The molecule has 6 aromatic rings.